The minimum Gasteiger partial charge on any atom is -0.229 e. The number of nitrogens with zero attached hydrogens (tertiary/aromatic N) is 1. The Balaban J connectivity index is 2.83. The normalized spacial score (nSPS) is 30.2. The molecule has 1 aliphatic heterocycles. The molecule has 0 N–H and O–H groups in total. The van der Waals surface area contributed by atoms with Crippen LogP contribution in [0, 0.1) is 17.2 Å². The lowest BCUT2D eigenvalue weighted by molar-refractivity contribution is -0.0580. The van der Waals surface area contributed by atoms with E-state index in [0.29, 0.717) is 0 Å². The molecule has 0 aromatic heterocycles. The van der Waals surface area contributed by atoms with Crippen LogP contribution in [0.3, 0.4) is 0 Å². The maximum atomic E-state index is 13.2. The Kier molecular flexibility index (Phi) is 3.10. The highest BCUT2D eigenvalue weighted by Crippen LogP contribution is 2.36. The standard InChI is InChI=1S/C8H11F2NO2S/c9-8(10)3-6-14(12,13)5-2-7(8)1-4-11/h7H,1-3,5-6H2. The summed E-state index contributed by atoms with van der Waals surface area (Å²) in [6, 6.07) is 1.67. The third-order valence-electron chi connectivity index (χ3n) is 2.46. The van der Waals surface area contributed by atoms with Crippen LogP contribution in [0.2, 0.25) is 0 Å². The lowest BCUT2D eigenvalue weighted by atomic mass is 9.94. The van der Waals surface area contributed by atoms with Gasteiger partial charge in [-0.1, -0.05) is 0 Å². The van der Waals surface area contributed by atoms with Crippen molar-refractivity contribution in [2.75, 3.05) is 11.5 Å². The summed E-state index contributed by atoms with van der Waals surface area (Å²) < 4.78 is 48.7. The van der Waals surface area contributed by atoms with Crippen molar-refractivity contribution in [3.8, 4) is 6.07 Å². The minimum atomic E-state index is -3.33. The van der Waals surface area contributed by atoms with E-state index in [0.717, 1.165) is 0 Å². The molecule has 1 fully saturated rings. The van der Waals surface area contributed by atoms with Gasteiger partial charge < -0.3 is 0 Å². The quantitative estimate of drug-likeness (QED) is 0.674. The van der Waals surface area contributed by atoms with E-state index in [-0.39, 0.29) is 18.6 Å². The zero-order valence-electron chi connectivity index (χ0n) is 7.54. The summed E-state index contributed by atoms with van der Waals surface area (Å²) in [5.74, 6) is -4.82. The fourth-order valence-corrected chi connectivity index (χ4v) is 2.92. The monoisotopic (exact) mass is 223 g/mol. The molecule has 1 atom stereocenters. The van der Waals surface area contributed by atoms with Crippen LogP contribution in [0.15, 0.2) is 0 Å². The van der Waals surface area contributed by atoms with Crippen molar-refractivity contribution in [1.29, 1.82) is 5.26 Å². The molecule has 0 saturated carbocycles. The van der Waals surface area contributed by atoms with Crippen molar-refractivity contribution in [3.63, 3.8) is 0 Å². The zero-order valence-corrected chi connectivity index (χ0v) is 8.36. The van der Waals surface area contributed by atoms with E-state index in [4.69, 9.17) is 5.26 Å². The number of hydrogen-bond donors (Lipinski definition) is 0. The van der Waals surface area contributed by atoms with Crippen molar-refractivity contribution in [2.45, 2.75) is 25.2 Å². The largest absolute Gasteiger partial charge is 0.252 e. The molecular weight excluding hydrogens is 212 g/mol. The van der Waals surface area contributed by atoms with Crippen LogP contribution < -0.4 is 0 Å². The summed E-state index contributed by atoms with van der Waals surface area (Å²) in [6.45, 7) is 0. The first-order chi connectivity index (χ1) is 6.37. The third-order valence-corrected chi connectivity index (χ3v) is 4.14. The van der Waals surface area contributed by atoms with E-state index in [1.807, 2.05) is 0 Å². The number of hydrogen-bond acceptors (Lipinski definition) is 3. The zero-order chi connectivity index (χ0) is 10.8. The SMILES string of the molecule is N#CCC1CCS(=O)(=O)CCC1(F)F. The lowest BCUT2D eigenvalue weighted by Gasteiger charge is -2.21. The Morgan fingerprint density at radius 1 is 1.43 bits per heavy atom. The second-order valence-corrected chi connectivity index (χ2v) is 5.81. The van der Waals surface area contributed by atoms with E-state index < -0.39 is 33.9 Å². The highest BCUT2D eigenvalue weighted by Gasteiger charge is 2.42. The first kappa shape index (κ1) is 11.4. The van der Waals surface area contributed by atoms with Gasteiger partial charge in [0.05, 0.1) is 17.6 Å². The second-order valence-electron chi connectivity index (χ2n) is 3.51. The number of sulfone groups is 1. The molecule has 1 unspecified atom stereocenters. The van der Waals surface area contributed by atoms with Crippen LogP contribution in [0.5, 0.6) is 0 Å². The van der Waals surface area contributed by atoms with Gasteiger partial charge in [0.25, 0.3) is 5.92 Å². The molecule has 14 heavy (non-hydrogen) atoms. The number of alkyl halides is 2. The second kappa shape index (κ2) is 3.81. The Hall–Kier alpha value is -0.700. The van der Waals surface area contributed by atoms with E-state index in [2.05, 4.69) is 0 Å². The molecule has 0 bridgehead atoms. The van der Waals surface area contributed by atoms with E-state index in [9.17, 15) is 17.2 Å². The van der Waals surface area contributed by atoms with Crippen LogP contribution in [-0.2, 0) is 9.84 Å². The first-order valence-corrected chi connectivity index (χ1v) is 6.15. The van der Waals surface area contributed by atoms with Crippen molar-refractivity contribution >= 4 is 9.84 Å². The van der Waals surface area contributed by atoms with Gasteiger partial charge in [-0.25, -0.2) is 17.2 Å². The van der Waals surface area contributed by atoms with Crippen LogP contribution >= 0.6 is 0 Å². The topological polar surface area (TPSA) is 57.9 Å². The molecule has 1 saturated heterocycles. The van der Waals surface area contributed by atoms with E-state index >= 15 is 0 Å². The van der Waals surface area contributed by atoms with Gasteiger partial charge in [-0.2, -0.15) is 5.26 Å². The highest BCUT2D eigenvalue weighted by atomic mass is 32.2. The fourth-order valence-electron chi connectivity index (χ4n) is 1.49. The molecule has 0 aliphatic carbocycles. The Morgan fingerprint density at radius 3 is 2.64 bits per heavy atom. The Labute approximate surface area is 81.6 Å². The predicted molar refractivity (Wildman–Crippen MR) is 46.6 cm³/mol. The van der Waals surface area contributed by atoms with Crippen molar-refractivity contribution < 1.29 is 17.2 Å². The summed E-state index contributed by atoms with van der Waals surface area (Å²) in [5, 5.41) is 8.34. The summed E-state index contributed by atoms with van der Waals surface area (Å²) in [7, 11) is -3.33. The minimum absolute atomic E-state index is 0.108. The first-order valence-electron chi connectivity index (χ1n) is 4.32. The molecule has 3 nitrogen and oxygen atoms in total. The average molecular weight is 223 g/mol. The van der Waals surface area contributed by atoms with Crippen LogP contribution in [0.25, 0.3) is 0 Å². The molecule has 0 spiro atoms. The molecular formula is C8H11F2NO2S. The van der Waals surface area contributed by atoms with Crippen LogP contribution in [0.1, 0.15) is 19.3 Å². The molecule has 1 heterocycles. The number of nitriles is 1. The van der Waals surface area contributed by atoms with Gasteiger partial charge >= 0.3 is 0 Å². The van der Waals surface area contributed by atoms with Gasteiger partial charge in [0.2, 0.25) is 0 Å². The molecule has 0 amide bonds. The smallest absolute Gasteiger partial charge is 0.229 e. The van der Waals surface area contributed by atoms with Gasteiger partial charge in [-0.3, -0.25) is 0 Å². The molecule has 1 rings (SSSR count). The van der Waals surface area contributed by atoms with Gasteiger partial charge in [-0.15, -0.1) is 0 Å². The maximum Gasteiger partial charge on any atom is 0.252 e. The van der Waals surface area contributed by atoms with Crippen LogP contribution in [0.4, 0.5) is 8.78 Å². The molecule has 80 valence electrons. The Morgan fingerprint density at radius 2 is 2.07 bits per heavy atom. The summed E-state index contributed by atoms with van der Waals surface area (Å²) in [4.78, 5) is 0. The molecule has 6 heteroatoms. The van der Waals surface area contributed by atoms with E-state index in [1.54, 1.807) is 6.07 Å². The van der Waals surface area contributed by atoms with Crippen molar-refractivity contribution in [3.05, 3.63) is 0 Å². The number of halogens is 2. The maximum absolute atomic E-state index is 13.2. The fraction of sp³-hybridized carbons (Fsp3) is 0.875. The summed E-state index contributed by atoms with van der Waals surface area (Å²) in [5.41, 5.74) is 0. The lowest BCUT2D eigenvalue weighted by Crippen LogP contribution is -2.27. The average Bonchev–Trinajstić information content (AvgIpc) is 2.17. The predicted octanol–water partition coefficient (Wildman–Crippen LogP) is 1.36. The number of rotatable bonds is 1. The Bertz CT molecular complexity index is 345. The van der Waals surface area contributed by atoms with Gasteiger partial charge in [-0.05, 0) is 6.42 Å². The van der Waals surface area contributed by atoms with Crippen LogP contribution in [-0.4, -0.2) is 25.8 Å². The van der Waals surface area contributed by atoms with E-state index in [1.165, 1.54) is 0 Å². The third kappa shape index (κ3) is 2.64. The molecule has 0 aromatic rings. The highest BCUT2D eigenvalue weighted by molar-refractivity contribution is 7.91. The van der Waals surface area contributed by atoms with Gasteiger partial charge in [0.1, 0.15) is 0 Å². The van der Waals surface area contributed by atoms with Crippen molar-refractivity contribution in [2.24, 2.45) is 5.92 Å². The molecule has 0 radical (unpaired) electrons. The summed E-state index contributed by atoms with van der Waals surface area (Å²) >= 11 is 0. The van der Waals surface area contributed by atoms with Crippen molar-refractivity contribution in [1.82, 2.24) is 0 Å². The summed E-state index contributed by atoms with van der Waals surface area (Å²) in [6.07, 6.45) is -1.03. The van der Waals surface area contributed by atoms with Gasteiger partial charge in [0.15, 0.2) is 9.84 Å². The molecule has 1 aliphatic rings. The van der Waals surface area contributed by atoms with Gasteiger partial charge in [0, 0.05) is 18.8 Å². The molecule has 0 aromatic carbocycles.